The van der Waals surface area contributed by atoms with E-state index in [-0.39, 0.29) is 11.8 Å². The summed E-state index contributed by atoms with van der Waals surface area (Å²) in [6, 6.07) is 9.78. The van der Waals surface area contributed by atoms with E-state index in [0.717, 1.165) is 5.56 Å². The Morgan fingerprint density at radius 2 is 1.68 bits per heavy atom. The summed E-state index contributed by atoms with van der Waals surface area (Å²) in [6.45, 7) is 2.09. The lowest BCUT2D eigenvalue weighted by molar-refractivity contribution is -0.130. The van der Waals surface area contributed by atoms with Gasteiger partial charge in [-0.25, -0.2) is 4.68 Å². The van der Waals surface area contributed by atoms with Crippen molar-refractivity contribution in [2.45, 2.75) is 13.5 Å². The quantitative estimate of drug-likeness (QED) is 0.773. The zero-order valence-electron chi connectivity index (χ0n) is 12.7. The van der Waals surface area contributed by atoms with Crippen molar-refractivity contribution in [1.29, 1.82) is 0 Å². The van der Waals surface area contributed by atoms with Crippen molar-refractivity contribution in [3.8, 4) is 0 Å². The van der Waals surface area contributed by atoms with Crippen molar-refractivity contribution in [1.82, 2.24) is 15.0 Å². The molecule has 0 radical (unpaired) electrons. The van der Waals surface area contributed by atoms with Crippen molar-refractivity contribution in [2.75, 3.05) is 23.9 Å². The molecule has 3 rings (SSSR count). The van der Waals surface area contributed by atoms with Crippen LogP contribution in [0, 0.1) is 5.92 Å². The molecule has 1 aliphatic heterocycles. The molecule has 1 aliphatic rings. The summed E-state index contributed by atoms with van der Waals surface area (Å²) in [6.07, 6.45) is 0. The van der Waals surface area contributed by atoms with Gasteiger partial charge in [0, 0.05) is 14.1 Å². The van der Waals surface area contributed by atoms with E-state index in [2.05, 4.69) is 10.3 Å². The van der Waals surface area contributed by atoms with E-state index in [4.69, 9.17) is 0 Å². The van der Waals surface area contributed by atoms with Gasteiger partial charge >= 0.3 is 0 Å². The highest BCUT2D eigenvalue weighted by Gasteiger charge is 2.37. The van der Waals surface area contributed by atoms with E-state index < -0.39 is 5.92 Å². The molecule has 0 bridgehead atoms. The number of rotatable bonds is 2. The first-order valence-corrected chi connectivity index (χ1v) is 7.03. The Bertz CT molecular complexity index is 725. The Morgan fingerprint density at radius 1 is 1.05 bits per heavy atom. The fourth-order valence-corrected chi connectivity index (χ4v) is 2.60. The number of benzene rings is 1. The number of nitrogens with zero attached hydrogens (tertiary/aromatic N) is 5. The van der Waals surface area contributed by atoms with E-state index >= 15 is 0 Å². The topological polar surface area (TPSA) is 71.3 Å². The third-order valence-corrected chi connectivity index (χ3v) is 3.90. The van der Waals surface area contributed by atoms with Crippen molar-refractivity contribution in [3.63, 3.8) is 0 Å². The number of aromatic nitrogens is 3. The van der Waals surface area contributed by atoms with Gasteiger partial charge in [-0.15, -0.1) is 5.10 Å². The number of hydrogen-bond donors (Lipinski definition) is 0. The van der Waals surface area contributed by atoms with Crippen LogP contribution in [0.1, 0.15) is 12.5 Å². The summed E-state index contributed by atoms with van der Waals surface area (Å²) in [5, 5.41) is 8.20. The number of anilines is 2. The molecule has 0 saturated heterocycles. The standard InChI is InChI=1S/C15H17N5O2/c1-10-14(21)18(2)12-13(19(3)15(10)22)20(17-16-12)9-11-7-5-4-6-8-11/h4-8,10H,9H2,1-3H3. The number of carbonyl (C=O) groups is 2. The minimum atomic E-state index is -0.727. The van der Waals surface area contributed by atoms with E-state index in [1.807, 2.05) is 30.3 Å². The fraction of sp³-hybridized carbons (Fsp3) is 0.333. The predicted molar refractivity (Wildman–Crippen MR) is 81.6 cm³/mol. The van der Waals surface area contributed by atoms with Crippen molar-refractivity contribution < 1.29 is 9.59 Å². The molecule has 1 unspecified atom stereocenters. The maximum Gasteiger partial charge on any atom is 0.240 e. The summed E-state index contributed by atoms with van der Waals surface area (Å²) in [7, 11) is 3.26. The lowest BCUT2D eigenvalue weighted by atomic mass is 10.1. The first-order valence-electron chi connectivity index (χ1n) is 7.03. The second kappa shape index (κ2) is 5.25. The first kappa shape index (κ1) is 14.2. The lowest BCUT2D eigenvalue weighted by Gasteiger charge is -2.18. The molecule has 7 heteroatoms. The fourth-order valence-electron chi connectivity index (χ4n) is 2.60. The van der Waals surface area contributed by atoms with E-state index in [1.54, 1.807) is 25.7 Å². The predicted octanol–water partition coefficient (Wildman–Crippen LogP) is 0.902. The zero-order chi connectivity index (χ0) is 15.9. The highest BCUT2D eigenvalue weighted by molar-refractivity contribution is 6.15. The first-order chi connectivity index (χ1) is 10.5. The second-order valence-corrected chi connectivity index (χ2v) is 5.40. The molecule has 0 aliphatic carbocycles. The van der Waals surface area contributed by atoms with Gasteiger partial charge < -0.3 is 0 Å². The summed E-state index contributed by atoms with van der Waals surface area (Å²) in [4.78, 5) is 27.5. The Labute approximate surface area is 128 Å². The molecule has 0 spiro atoms. The molecule has 1 aromatic carbocycles. The van der Waals surface area contributed by atoms with Gasteiger partial charge in [-0.3, -0.25) is 19.4 Å². The van der Waals surface area contributed by atoms with Crippen LogP contribution < -0.4 is 9.80 Å². The van der Waals surface area contributed by atoms with Crippen LogP contribution in [0.15, 0.2) is 30.3 Å². The summed E-state index contributed by atoms with van der Waals surface area (Å²) in [5.74, 6) is -0.320. The summed E-state index contributed by atoms with van der Waals surface area (Å²) in [5.41, 5.74) is 1.04. The van der Waals surface area contributed by atoms with Gasteiger partial charge in [-0.1, -0.05) is 35.5 Å². The van der Waals surface area contributed by atoms with Gasteiger partial charge in [0.05, 0.1) is 6.54 Å². The van der Waals surface area contributed by atoms with Gasteiger partial charge in [0.25, 0.3) is 0 Å². The van der Waals surface area contributed by atoms with Crippen LogP contribution >= 0.6 is 0 Å². The number of fused-ring (bicyclic) bond motifs is 1. The highest BCUT2D eigenvalue weighted by Crippen LogP contribution is 2.31. The molecule has 1 aromatic heterocycles. The normalized spacial score (nSPS) is 18.4. The van der Waals surface area contributed by atoms with Crippen LogP contribution in [0.25, 0.3) is 0 Å². The van der Waals surface area contributed by atoms with Gasteiger partial charge in [0.1, 0.15) is 5.92 Å². The molecule has 2 amide bonds. The molecule has 7 nitrogen and oxygen atoms in total. The van der Waals surface area contributed by atoms with Crippen LogP contribution in [0.3, 0.4) is 0 Å². The summed E-state index contributed by atoms with van der Waals surface area (Å²) < 4.78 is 1.64. The lowest BCUT2D eigenvalue weighted by Crippen LogP contribution is -2.38. The van der Waals surface area contributed by atoms with Crippen molar-refractivity contribution >= 4 is 23.5 Å². The van der Waals surface area contributed by atoms with Crippen molar-refractivity contribution in [3.05, 3.63) is 35.9 Å². The van der Waals surface area contributed by atoms with E-state index in [1.165, 1.54) is 9.80 Å². The Kier molecular flexibility index (Phi) is 3.40. The Hall–Kier alpha value is -2.70. The van der Waals surface area contributed by atoms with Crippen LogP contribution in [0.4, 0.5) is 11.6 Å². The van der Waals surface area contributed by atoms with Gasteiger partial charge in [0.15, 0.2) is 5.82 Å². The minimum Gasteiger partial charge on any atom is -0.296 e. The summed E-state index contributed by atoms with van der Waals surface area (Å²) >= 11 is 0. The molecule has 0 N–H and O–H groups in total. The maximum absolute atomic E-state index is 12.4. The molecule has 2 heterocycles. The van der Waals surface area contributed by atoms with Crippen LogP contribution in [-0.4, -0.2) is 40.9 Å². The minimum absolute atomic E-state index is 0.257. The monoisotopic (exact) mass is 299 g/mol. The zero-order valence-corrected chi connectivity index (χ0v) is 12.7. The molecular weight excluding hydrogens is 282 g/mol. The largest absolute Gasteiger partial charge is 0.296 e. The van der Waals surface area contributed by atoms with Gasteiger partial charge in [0.2, 0.25) is 17.6 Å². The Morgan fingerprint density at radius 3 is 2.36 bits per heavy atom. The second-order valence-electron chi connectivity index (χ2n) is 5.40. The average molecular weight is 299 g/mol. The number of carbonyl (C=O) groups excluding carboxylic acids is 2. The molecule has 0 fully saturated rings. The van der Waals surface area contributed by atoms with E-state index in [0.29, 0.717) is 18.2 Å². The molecule has 22 heavy (non-hydrogen) atoms. The third kappa shape index (κ3) is 2.14. The smallest absolute Gasteiger partial charge is 0.240 e. The van der Waals surface area contributed by atoms with E-state index in [9.17, 15) is 9.59 Å². The number of amides is 2. The molecule has 114 valence electrons. The maximum atomic E-state index is 12.4. The molecular formula is C15H17N5O2. The van der Waals surface area contributed by atoms with Crippen LogP contribution in [-0.2, 0) is 16.1 Å². The molecule has 1 atom stereocenters. The number of hydrogen-bond acceptors (Lipinski definition) is 4. The third-order valence-electron chi connectivity index (χ3n) is 3.90. The molecule has 2 aromatic rings. The van der Waals surface area contributed by atoms with Gasteiger partial charge in [-0.2, -0.15) is 0 Å². The average Bonchev–Trinajstić information content (AvgIpc) is 2.93. The Balaban J connectivity index is 2.06. The SMILES string of the molecule is CC1C(=O)N(C)c2nnn(Cc3ccccc3)c2N(C)C1=O. The molecule has 0 saturated carbocycles. The highest BCUT2D eigenvalue weighted by atomic mass is 16.2. The van der Waals surface area contributed by atoms with Crippen LogP contribution in [0.5, 0.6) is 0 Å². The van der Waals surface area contributed by atoms with Crippen molar-refractivity contribution in [2.24, 2.45) is 5.92 Å². The van der Waals surface area contributed by atoms with Gasteiger partial charge in [-0.05, 0) is 12.5 Å². The van der Waals surface area contributed by atoms with Crippen LogP contribution in [0.2, 0.25) is 0 Å².